The van der Waals surface area contributed by atoms with Gasteiger partial charge in [0.25, 0.3) is 0 Å². The summed E-state index contributed by atoms with van der Waals surface area (Å²) in [5.74, 6) is -0.516. The molecule has 1 saturated carbocycles. The molecule has 0 radical (unpaired) electrons. The molecule has 2 N–H and O–H groups in total. The van der Waals surface area contributed by atoms with E-state index in [4.69, 9.17) is 5.73 Å². The van der Waals surface area contributed by atoms with E-state index in [2.05, 4.69) is 0 Å². The zero-order chi connectivity index (χ0) is 12.7. The third kappa shape index (κ3) is 2.21. The number of halogens is 1. The van der Waals surface area contributed by atoms with Crippen molar-refractivity contribution in [2.45, 2.75) is 36.1 Å². The number of hydrogen-bond donors (Lipinski definition) is 1. The van der Waals surface area contributed by atoms with Crippen LogP contribution in [-0.2, 0) is 15.4 Å². The van der Waals surface area contributed by atoms with Gasteiger partial charge in [-0.15, -0.1) is 0 Å². The van der Waals surface area contributed by atoms with E-state index in [0.717, 1.165) is 19.1 Å². The third-order valence-corrected chi connectivity index (χ3v) is 4.51. The lowest BCUT2D eigenvalue weighted by molar-refractivity contribution is 0.421. The monoisotopic (exact) mass is 257 g/mol. The molecule has 0 saturated heterocycles. The van der Waals surface area contributed by atoms with Gasteiger partial charge in [0.05, 0.1) is 4.90 Å². The van der Waals surface area contributed by atoms with E-state index in [0.29, 0.717) is 12.8 Å². The summed E-state index contributed by atoms with van der Waals surface area (Å²) in [6.07, 6.45) is 4.18. The summed E-state index contributed by atoms with van der Waals surface area (Å²) in [5.41, 5.74) is 5.51. The van der Waals surface area contributed by atoms with Crippen molar-refractivity contribution in [2.24, 2.45) is 5.73 Å². The third-order valence-electron chi connectivity index (χ3n) is 3.37. The van der Waals surface area contributed by atoms with Crippen molar-refractivity contribution in [1.82, 2.24) is 0 Å². The minimum Gasteiger partial charge on any atom is -0.321 e. The van der Waals surface area contributed by atoms with E-state index in [1.807, 2.05) is 0 Å². The number of benzene rings is 1. The maximum atomic E-state index is 13.9. The van der Waals surface area contributed by atoms with Crippen molar-refractivity contribution in [3.63, 3.8) is 0 Å². The zero-order valence-corrected chi connectivity index (χ0v) is 10.6. The molecule has 0 bridgehead atoms. The van der Waals surface area contributed by atoms with Gasteiger partial charge in [-0.2, -0.15) is 0 Å². The molecule has 1 aliphatic rings. The maximum Gasteiger partial charge on any atom is 0.175 e. The van der Waals surface area contributed by atoms with Gasteiger partial charge in [-0.05, 0) is 25.0 Å². The highest BCUT2D eigenvalue weighted by Gasteiger charge is 2.37. The molecule has 5 heteroatoms. The van der Waals surface area contributed by atoms with E-state index in [-0.39, 0.29) is 10.5 Å². The first-order chi connectivity index (χ1) is 7.84. The second-order valence-electron chi connectivity index (χ2n) is 4.75. The van der Waals surface area contributed by atoms with Crippen LogP contribution in [0.4, 0.5) is 4.39 Å². The first-order valence-electron chi connectivity index (χ1n) is 5.62. The Morgan fingerprint density at radius 1 is 1.29 bits per heavy atom. The highest BCUT2D eigenvalue weighted by atomic mass is 32.2. The minimum atomic E-state index is -3.45. The quantitative estimate of drug-likeness (QED) is 0.881. The summed E-state index contributed by atoms with van der Waals surface area (Å²) in [5, 5.41) is 0. The topological polar surface area (TPSA) is 60.2 Å². The van der Waals surface area contributed by atoms with Gasteiger partial charge in [-0.25, -0.2) is 12.8 Å². The van der Waals surface area contributed by atoms with E-state index in [1.54, 1.807) is 0 Å². The Morgan fingerprint density at radius 2 is 1.88 bits per heavy atom. The van der Waals surface area contributed by atoms with E-state index >= 15 is 0 Å². The van der Waals surface area contributed by atoms with Gasteiger partial charge in [0.15, 0.2) is 9.84 Å². The lowest BCUT2D eigenvalue weighted by Gasteiger charge is -2.26. The van der Waals surface area contributed by atoms with Crippen molar-refractivity contribution in [3.05, 3.63) is 29.6 Å². The van der Waals surface area contributed by atoms with Gasteiger partial charge >= 0.3 is 0 Å². The summed E-state index contributed by atoms with van der Waals surface area (Å²) < 4.78 is 37.3. The van der Waals surface area contributed by atoms with Crippen molar-refractivity contribution in [3.8, 4) is 0 Å². The molecule has 0 atom stereocenters. The van der Waals surface area contributed by atoms with Crippen LogP contribution in [-0.4, -0.2) is 14.7 Å². The molecular weight excluding hydrogens is 241 g/mol. The normalized spacial score (nSPS) is 19.5. The standard InChI is InChI=1S/C12H16FNO2S/c1-17(15,16)10-6-4-5-9(13)11(10)12(14)7-2-3-8-12/h4-6H,2-3,7-8,14H2,1H3. The first-order valence-corrected chi connectivity index (χ1v) is 7.52. The lowest BCUT2D eigenvalue weighted by atomic mass is 9.89. The number of rotatable bonds is 2. The number of nitrogens with two attached hydrogens (primary N) is 1. The molecule has 1 aliphatic carbocycles. The Hall–Kier alpha value is -0.940. The second kappa shape index (κ2) is 4.07. The van der Waals surface area contributed by atoms with Crippen LogP contribution in [0.25, 0.3) is 0 Å². The fourth-order valence-electron chi connectivity index (χ4n) is 2.55. The predicted molar refractivity (Wildman–Crippen MR) is 63.8 cm³/mol. The molecule has 1 aromatic rings. The molecule has 0 spiro atoms. The van der Waals surface area contributed by atoms with Crippen molar-refractivity contribution < 1.29 is 12.8 Å². The van der Waals surface area contributed by atoms with Gasteiger partial charge < -0.3 is 5.73 Å². The molecule has 0 aliphatic heterocycles. The zero-order valence-electron chi connectivity index (χ0n) is 9.74. The fraction of sp³-hybridized carbons (Fsp3) is 0.500. The van der Waals surface area contributed by atoms with E-state index in [9.17, 15) is 12.8 Å². The molecular formula is C12H16FNO2S. The Bertz CT molecular complexity index is 533. The van der Waals surface area contributed by atoms with Crippen LogP contribution in [0.5, 0.6) is 0 Å². The van der Waals surface area contributed by atoms with Crippen LogP contribution in [0, 0.1) is 5.82 Å². The average molecular weight is 257 g/mol. The Morgan fingerprint density at radius 3 is 2.41 bits per heavy atom. The largest absolute Gasteiger partial charge is 0.321 e. The average Bonchev–Trinajstić information content (AvgIpc) is 2.64. The SMILES string of the molecule is CS(=O)(=O)c1cccc(F)c1C1(N)CCCC1. The first kappa shape index (κ1) is 12.5. The van der Waals surface area contributed by atoms with Crippen LogP contribution in [0.15, 0.2) is 23.1 Å². The fourth-order valence-corrected chi connectivity index (χ4v) is 3.55. The lowest BCUT2D eigenvalue weighted by Crippen LogP contribution is -2.35. The van der Waals surface area contributed by atoms with E-state index < -0.39 is 21.2 Å². The Labute approximate surface area is 101 Å². The van der Waals surface area contributed by atoms with Gasteiger partial charge in [-0.1, -0.05) is 18.9 Å². The molecule has 0 heterocycles. The molecule has 1 aromatic carbocycles. The van der Waals surface area contributed by atoms with Crippen LogP contribution in [0.3, 0.4) is 0 Å². The molecule has 17 heavy (non-hydrogen) atoms. The Balaban J connectivity index is 2.67. The second-order valence-corrected chi connectivity index (χ2v) is 6.73. The molecule has 2 rings (SSSR count). The summed E-state index contributed by atoms with van der Waals surface area (Å²) in [6, 6.07) is 4.12. The summed E-state index contributed by atoms with van der Waals surface area (Å²) >= 11 is 0. The Kier molecular flexibility index (Phi) is 2.99. The molecule has 0 amide bonds. The number of sulfone groups is 1. The van der Waals surface area contributed by atoms with Crippen molar-refractivity contribution in [1.29, 1.82) is 0 Å². The van der Waals surface area contributed by atoms with Crippen LogP contribution < -0.4 is 5.73 Å². The highest BCUT2D eigenvalue weighted by molar-refractivity contribution is 7.90. The van der Waals surface area contributed by atoms with Gasteiger partial charge in [-0.3, -0.25) is 0 Å². The van der Waals surface area contributed by atoms with Crippen LogP contribution in [0.1, 0.15) is 31.2 Å². The minimum absolute atomic E-state index is 0.0295. The molecule has 1 fully saturated rings. The molecule has 0 unspecified atom stereocenters. The number of hydrogen-bond acceptors (Lipinski definition) is 3. The van der Waals surface area contributed by atoms with Crippen molar-refractivity contribution >= 4 is 9.84 Å². The summed E-state index contributed by atoms with van der Waals surface area (Å²) in [6.45, 7) is 0. The molecule has 94 valence electrons. The van der Waals surface area contributed by atoms with Gasteiger partial charge in [0.2, 0.25) is 0 Å². The van der Waals surface area contributed by atoms with Gasteiger partial charge in [0.1, 0.15) is 5.82 Å². The van der Waals surface area contributed by atoms with Crippen LogP contribution in [0.2, 0.25) is 0 Å². The summed E-state index contributed by atoms with van der Waals surface area (Å²) in [4.78, 5) is 0.0295. The molecule has 3 nitrogen and oxygen atoms in total. The predicted octanol–water partition coefficient (Wildman–Crippen LogP) is 1.96. The maximum absolute atomic E-state index is 13.9. The van der Waals surface area contributed by atoms with Crippen LogP contribution >= 0.6 is 0 Å². The van der Waals surface area contributed by atoms with E-state index in [1.165, 1.54) is 18.2 Å². The van der Waals surface area contributed by atoms with Gasteiger partial charge in [0, 0.05) is 17.4 Å². The highest BCUT2D eigenvalue weighted by Crippen LogP contribution is 2.40. The summed E-state index contributed by atoms with van der Waals surface area (Å²) in [7, 11) is -3.45. The van der Waals surface area contributed by atoms with Crippen molar-refractivity contribution in [2.75, 3.05) is 6.26 Å². The smallest absolute Gasteiger partial charge is 0.175 e. The molecule has 0 aromatic heterocycles.